The van der Waals surface area contributed by atoms with E-state index in [2.05, 4.69) is 21.2 Å². The molecule has 0 heterocycles. The average molecular weight is 329 g/mol. The largest absolute Gasteiger partial charge is 0.478 e. The first-order valence-electron chi connectivity index (χ1n) is 6.37. The Morgan fingerprint density at radius 3 is 2.63 bits per heavy atom. The van der Waals surface area contributed by atoms with Crippen LogP contribution in [0.1, 0.15) is 32.8 Å². The highest BCUT2D eigenvalue weighted by Crippen LogP contribution is 2.30. The van der Waals surface area contributed by atoms with Gasteiger partial charge in [-0.25, -0.2) is 0 Å². The second kappa shape index (κ2) is 6.80. The van der Waals surface area contributed by atoms with Crippen LogP contribution in [-0.4, -0.2) is 18.1 Å². The smallest absolute Gasteiger partial charge is 0.260 e. The van der Waals surface area contributed by atoms with Gasteiger partial charge in [-0.2, -0.15) is 0 Å². The number of amides is 1. The molecule has 0 aliphatic carbocycles. The van der Waals surface area contributed by atoms with E-state index in [0.717, 1.165) is 16.5 Å². The second-order valence-corrected chi connectivity index (χ2v) is 5.63. The topological polar surface area (TPSA) is 64.3 Å². The number of aryl methyl sites for hydroxylation is 1. The fraction of sp³-hybridized carbons (Fsp3) is 0.500. The number of anilines is 1. The monoisotopic (exact) mass is 328 g/mol. The number of halogens is 1. The number of carbonyl (C=O) groups is 1. The van der Waals surface area contributed by atoms with Crippen molar-refractivity contribution < 1.29 is 9.53 Å². The van der Waals surface area contributed by atoms with Crippen molar-refractivity contribution >= 4 is 27.5 Å². The molecule has 0 saturated heterocycles. The molecule has 1 amide bonds. The Balaban J connectivity index is 2.77. The number of nitrogen functional groups attached to an aromatic ring is 1. The van der Waals surface area contributed by atoms with Gasteiger partial charge in [-0.15, -0.1) is 0 Å². The van der Waals surface area contributed by atoms with Gasteiger partial charge in [0.2, 0.25) is 0 Å². The second-order valence-electron chi connectivity index (χ2n) is 4.72. The molecule has 0 aliphatic rings. The Morgan fingerprint density at radius 1 is 1.47 bits per heavy atom. The fourth-order valence-corrected chi connectivity index (χ4v) is 2.20. The van der Waals surface area contributed by atoms with Gasteiger partial charge in [-0.3, -0.25) is 4.79 Å². The third kappa shape index (κ3) is 4.42. The number of hydrogen-bond donors (Lipinski definition) is 2. The number of ether oxygens (including phenoxy) is 1. The van der Waals surface area contributed by atoms with Crippen molar-refractivity contribution in [3.63, 3.8) is 0 Å². The molecular weight excluding hydrogens is 308 g/mol. The fourth-order valence-electron chi connectivity index (χ4n) is 1.61. The van der Waals surface area contributed by atoms with Crippen molar-refractivity contribution in [1.82, 2.24) is 5.32 Å². The van der Waals surface area contributed by atoms with Crippen molar-refractivity contribution in [2.45, 2.75) is 46.3 Å². The van der Waals surface area contributed by atoms with Gasteiger partial charge >= 0.3 is 0 Å². The molecule has 0 saturated carbocycles. The first-order valence-corrected chi connectivity index (χ1v) is 7.17. The van der Waals surface area contributed by atoms with Crippen molar-refractivity contribution in [1.29, 1.82) is 0 Å². The van der Waals surface area contributed by atoms with Crippen molar-refractivity contribution in [2.75, 3.05) is 5.73 Å². The molecule has 2 unspecified atom stereocenters. The Hall–Kier alpha value is -1.23. The van der Waals surface area contributed by atoms with E-state index in [-0.39, 0.29) is 11.9 Å². The Kier molecular flexibility index (Phi) is 5.66. The predicted molar refractivity (Wildman–Crippen MR) is 81.3 cm³/mol. The van der Waals surface area contributed by atoms with Gasteiger partial charge in [0.15, 0.2) is 6.10 Å². The lowest BCUT2D eigenvalue weighted by molar-refractivity contribution is -0.127. The first-order chi connectivity index (χ1) is 8.85. The predicted octanol–water partition coefficient (Wildman–Crippen LogP) is 3.02. The maximum absolute atomic E-state index is 11.9. The number of nitrogens with two attached hydrogens (primary N) is 1. The number of rotatable bonds is 5. The molecule has 0 bridgehead atoms. The maximum atomic E-state index is 11.9. The lowest BCUT2D eigenvalue weighted by atomic mass is 10.2. The van der Waals surface area contributed by atoms with Gasteiger partial charge in [0.05, 0.1) is 5.69 Å². The van der Waals surface area contributed by atoms with Gasteiger partial charge in [0.25, 0.3) is 5.91 Å². The van der Waals surface area contributed by atoms with E-state index in [1.165, 1.54) is 0 Å². The summed E-state index contributed by atoms with van der Waals surface area (Å²) in [6, 6.07) is 3.81. The van der Waals surface area contributed by atoms with Crippen LogP contribution in [0.5, 0.6) is 5.75 Å². The van der Waals surface area contributed by atoms with E-state index >= 15 is 0 Å². The minimum Gasteiger partial charge on any atom is -0.478 e. The van der Waals surface area contributed by atoms with Crippen LogP contribution in [-0.2, 0) is 4.79 Å². The van der Waals surface area contributed by atoms with E-state index in [0.29, 0.717) is 11.4 Å². The molecule has 0 radical (unpaired) electrons. The van der Waals surface area contributed by atoms with Crippen LogP contribution in [0.25, 0.3) is 0 Å². The quantitative estimate of drug-likeness (QED) is 0.816. The zero-order chi connectivity index (χ0) is 14.6. The lowest BCUT2D eigenvalue weighted by Crippen LogP contribution is -2.41. The van der Waals surface area contributed by atoms with Crippen molar-refractivity contribution in [3.8, 4) is 5.75 Å². The van der Waals surface area contributed by atoms with E-state index in [1.54, 1.807) is 13.0 Å². The molecule has 0 fully saturated rings. The van der Waals surface area contributed by atoms with Crippen LogP contribution in [0.3, 0.4) is 0 Å². The highest BCUT2D eigenvalue weighted by molar-refractivity contribution is 9.10. The molecule has 2 atom stereocenters. The van der Waals surface area contributed by atoms with Gasteiger partial charge in [0, 0.05) is 10.5 Å². The summed E-state index contributed by atoms with van der Waals surface area (Å²) in [5.41, 5.74) is 7.33. The summed E-state index contributed by atoms with van der Waals surface area (Å²) in [6.45, 7) is 7.60. The van der Waals surface area contributed by atoms with Crippen LogP contribution in [0.4, 0.5) is 5.69 Å². The van der Waals surface area contributed by atoms with Gasteiger partial charge < -0.3 is 15.8 Å². The Morgan fingerprint density at radius 2 is 2.11 bits per heavy atom. The molecule has 0 aliphatic heterocycles. The van der Waals surface area contributed by atoms with Gasteiger partial charge in [-0.1, -0.05) is 22.9 Å². The summed E-state index contributed by atoms with van der Waals surface area (Å²) in [6.07, 6.45) is 0.314. The molecule has 3 N–H and O–H groups in total. The minimum atomic E-state index is -0.573. The maximum Gasteiger partial charge on any atom is 0.260 e. The molecule has 1 aromatic rings. The van der Waals surface area contributed by atoms with Crippen LogP contribution in [0.2, 0.25) is 0 Å². The lowest BCUT2D eigenvalue weighted by Gasteiger charge is -2.20. The summed E-state index contributed by atoms with van der Waals surface area (Å²) in [7, 11) is 0. The highest BCUT2D eigenvalue weighted by atomic mass is 79.9. The normalized spacial score (nSPS) is 13.7. The van der Waals surface area contributed by atoms with Gasteiger partial charge in [0.1, 0.15) is 5.75 Å². The molecule has 4 nitrogen and oxygen atoms in total. The molecule has 0 spiro atoms. The summed E-state index contributed by atoms with van der Waals surface area (Å²) < 4.78 is 6.58. The van der Waals surface area contributed by atoms with Crippen molar-refractivity contribution in [2.24, 2.45) is 0 Å². The Bertz CT molecular complexity index is 440. The zero-order valence-electron chi connectivity index (χ0n) is 11.8. The Labute approximate surface area is 122 Å². The number of carbonyl (C=O) groups excluding carboxylic acids is 1. The summed E-state index contributed by atoms with van der Waals surface area (Å²) in [4.78, 5) is 11.9. The van der Waals surface area contributed by atoms with Crippen LogP contribution in [0, 0.1) is 6.92 Å². The molecular formula is C14H21BrN2O2. The number of nitrogens with one attached hydrogen (secondary N) is 1. The van der Waals surface area contributed by atoms with E-state index in [1.807, 2.05) is 26.8 Å². The van der Waals surface area contributed by atoms with E-state index in [4.69, 9.17) is 10.5 Å². The van der Waals surface area contributed by atoms with E-state index < -0.39 is 6.10 Å². The standard InChI is InChI=1S/C14H21BrN2O2/c1-5-9(3)17-14(18)10(4)19-13-8(2)6-11(15)7-12(13)16/h6-7,9-10H,5,16H2,1-4H3,(H,17,18). The molecule has 1 aromatic carbocycles. The first kappa shape index (κ1) is 15.8. The van der Waals surface area contributed by atoms with Crippen LogP contribution < -0.4 is 15.8 Å². The summed E-state index contributed by atoms with van der Waals surface area (Å²) in [5, 5.41) is 2.89. The van der Waals surface area contributed by atoms with Gasteiger partial charge in [-0.05, 0) is 44.9 Å². The minimum absolute atomic E-state index is 0.129. The molecule has 1 rings (SSSR count). The number of benzene rings is 1. The summed E-state index contributed by atoms with van der Waals surface area (Å²) in [5.74, 6) is 0.436. The van der Waals surface area contributed by atoms with E-state index in [9.17, 15) is 4.79 Å². The zero-order valence-corrected chi connectivity index (χ0v) is 13.4. The third-order valence-electron chi connectivity index (χ3n) is 2.93. The molecule has 0 aromatic heterocycles. The summed E-state index contributed by atoms with van der Waals surface area (Å²) >= 11 is 3.37. The molecule has 5 heteroatoms. The van der Waals surface area contributed by atoms with Crippen LogP contribution in [0.15, 0.2) is 16.6 Å². The highest BCUT2D eigenvalue weighted by Gasteiger charge is 2.18. The van der Waals surface area contributed by atoms with Crippen LogP contribution >= 0.6 is 15.9 Å². The van der Waals surface area contributed by atoms with Crippen molar-refractivity contribution in [3.05, 3.63) is 22.2 Å². The number of hydrogen-bond acceptors (Lipinski definition) is 3. The SMILES string of the molecule is CCC(C)NC(=O)C(C)Oc1c(C)cc(Br)cc1N. The molecule has 19 heavy (non-hydrogen) atoms. The average Bonchev–Trinajstić information content (AvgIpc) is 2.32. The third-order valence-corrected chi connectivity index (χ3v) is 3.39. The molecule has 106 valence electrons.